The zero-order chi connectivity index (χ0) is 16.7. The van der Waals surface area contributed by atoms with Crippen molar-refractivity contribution in [1.29, 1.82) is 0 Å². The molecule has 0 heterocycles. The van der Waals surface area contributed by atoms with Crippen LogP contribution in [0.5, 0.6) is 0 Å². The van der Waals surface area contributed by atoms with Crippen molar-refractivity contribution in [2.45, 2.75) is 25.7 Å². The molecule has 23 heavy (non-hydrogen) atoms. The minimum atomic E-state index is -0.515. The topological polar surface area (TPSA) is 32.7 Å². The van der Waals surface area contributed by atoms with E-state index in [0.717, 1.165) is 12.1 Å². The van der Waals surface area contributed by atoms with Crippen molar-refractivity contribution in [2.75, 3.05) is 20.2 Å². The third-order valence-electron chi connectivity index (χ3n) is 3.70. The Labute approximate surface area is 143 Å². The molecule has 0 saturated heterocycles. The lowest BCUT2D eigenvalue weighted by Gasteiger charge is -2.22. The summed E-state index contributed by atoms with van der Waals surface area (Å²) in [5.41, 5.74) is 2.29. The molecule has 0 aliphatic carbocycles. The van der Waals surface area contributed by atoms with Crippen LogP contribution < -0.4 is 0 Å². The summed E-state index contributed by atoms with van der Waals surface area (Å²) in [5.74, 6) is 0. The Morgan fingerprint density at radius 2 is 1.74 bits per heavy atom. The molecule has 0 radical (unpaired) electrons. The summed E-state index contributed by atoms with van der Waals surface area (Å²) in [4.78, 5) is 2.09. The highest BCUT2D eigenvalue weighted by Gasteiger charge is 2.12. The number of benzene rings is 2. The van der Waals surface area contributed by atoms with Gasteiger partial charge in [0, 0.05) is 18.1 Å². The molecule has 2 unspecified atom stereocenters. The fourth-order valence-electron chi connectivity index (χ4n) is 2.46. The molecule has 2 atom stereocenters. The van der Waals surface area contributed by atoms with Gasteiger partial charge >= 0.3 is 0 Å². The Hall–Kier alpha value is -1.39. The van der Waals surface area contributed by atoms with Crippen LogP contribution >= 0.6 is 11.6 Å². The number of hydrogen-bond acceptors (Lipinski definition) is 3. The van der Waals surface area contributed by atoms with Crippen LogP contribution in [-0.4, -0.2) is 36.3 Å². The van der Waals surface area contributed by atoms with E-state index < -0.39 is 6.10 Å². The van der Waals surface area contributed by atoms with Crippen LogP contribution in [0.2, 0.25) is 5.02 Å². The van der Waals surface area contributed by atoms with E-state index in [9.17, 15) is 5.11 Å². The Kier molecular flexibility index (Phi) is 7.06. The average molecular weight is 334 g/mol. The van der Waals surface area contributed by atoms with Gasteiger partial charge in [-0.1, -0.05) is 54.1 Å². The zero-order valence-electron chi connectivity index (χ0n) is 13.7. The molecule has 124 valence electrons. The van der Waals surface area contributed by atoms with Gasteiger partial charge in [-0.3, -0.25) is 4.90 Å². The summed E-state index contributed by atoms with van der Waals surface area (Å²) in [5, 5.41) is 10.9. The maximum absolute atomic E-state index is 10.1. The molecule has 3 nitrogen and oxygen atoms in total. The first-order chi connectivity index (χ1) is 11.0. The minimum absolute atomic E-state index is 0.0682. The summed E-state index contributed by atoms with van der Waals surface area (Å²) in [6, 6.07) is 17.8. The predicted molar refractivity (Wildman–Crippen MR) is 94.6 cm³/mol. The van der Waals surface area contributed by atoms with Crippen LogP contribution in [0.1, 0.15) is 24.2 Å². The first-order valence-electron chi connectivity index (χ1n) is 7.82. The van der Waals surface area contributed by atoms with Crippen LogP contribution in [0.15, 0.2) is 54.6 Å². The van der Waals surface area contributed by atoms with Gasteiger partial charge in [0.1, 0.15) is 0 Å². The fourth-order valence-corrected chi connectivity index (χ4v) is 2.58. The molecule has 0 fully saturated rings. The maximum atomic E-state index is 10.1. The molecule has 0 aliphatic heterocycles. The number of halogens is 1. The summed E-state index contributed by atoms with van der Waals surface area (Å²) in [6.45, 7) is 3.67. The second-order valence-electron chi connectivity index (χ2n) is 5.86. The molecule has 2 rings (SSSR count). The van der Waals surface area contributed by atoms with Gasteiger partial charge in [0.05, 0.1) is 18.8 Å². The molecule has 0 aliphatic rings. The number of aliphatic hydroxyl groups is 1. The fraction of sp³-hybridized carbons (Fsp3) is 0.368. The number of nitrogens with zero attached hydrogens (tertiary/aromatic N) is 1. The van der Waals surface area contributed by atoms with E-state index in [2.05, 4.69) is 17.0 Å². The van der Waals surface area contributed by atoms with Crippen LogP contribution in [0.25, 0.3) is 0 Å². The van der Waals surface area contributed by atoms with Crippen molar-refractivity contribution < 1.29 is 9.84 Å². The molecule has 2 aromatic carbocycles. The zero-order valence-corrected chi connectivity index (χ0v) is 14.4. The largest absolute Gasteiger partial charge is 0.389 e. The standard InChI is InChI=1S/C19H24ClNO2/c1-15(17-8-10-18(20)11-9-17)23-14-19(22)13-21(2)12-16-6-4-3-5-7-16/h3-11,15,19,22H,12-14H2,1-2H3. The van der Waals surface area contributed by atoms with Crippen molar-refractivity contribution in [3.8, 4) is 0 Å². The molecule has 0 bridgehead atoms. The van der Waals surface area contributed by atoms with E-state index in [1.807, 2.05) is 56.4 Å². The van der Waals surface area contributed by atoms with Crippen LogP contribution in [-0.2, 0) is 11.3 Å². The van der Waals surface area contributed by atoms with Crippen molar-refractivity contribution in [3.63, 3.8) is 0 Å². The van der Waals surface area contributed by atoms with E-state index in [1.165, 1.54) is 5.56 Å². The third kappa shape index (κ3) is 6.32. The quantitative estimate of drug-likeness (QED) is 0.795. The maximum Gasteiger partial charge on any atom is 0.0900 e. The van der Waals surface area contributed by atoms with Gasteiger partial charge in [-0.25, -0.2) is 0 Å². The SMILES string of the molecule is CC(OCC(O)CN(C)Cc1ccccc1)c1ccc(Cl)cc1. The van der Waals surface area contributed by atoms with Gasteiger partial charge in [-0.05, 0) is 37.2 Å². The van der Waals surface area contributed by atoms with Crippen molar-refractivity contribution in [1.82, 2.24) is 4.90 Å². The van der Waals surface area contributed by atoms with E-state index in [0.29, 0.717) is 18.2 Å². The normalized spacial score (nSPS) is 14.0. The molecule has 1 N–H and O–H groups in total. The number of likely N-dealkylation sites (N-methyl/N-ethyl adjacent to an activating group) is 1. The molecular formula is C19H24ClNO2. The van der Waals surface area contributed by atoms with Gasteiger partial charge < -0.3 is 9.84 Å². The van der Waals surface area contributed by atoms with Gasteiger partial charge in [0.2, 0.25) is 0 Å². The molecule has 0 saturated carbocycles. The van der Waals surface area contributed by atoms with Crippen molar-refractivity contribution in [3.05, 3.63) is 70.7 Å². The molecular weight excluding hydrogens is 310 g/mol. The third-order valence-corrected chi connectivity index (χ3v) is 3.95. The van der Waals surface area contributed by atoms with Crippen molar-refractivity contribution in [2.24, 2.45) is 0 Å². The van der Waals surface area contributed by atoms with Gasteiger partial charge in [-0.2, -0.15) is 0 Å². The minimum Gasteiger partial charge on any atom is -0.389 e. The number of rotatable bonds is 8. The van der Waals surface area contributed by atoms with Crippen LogP contribution in [0.4, 0.5) is 0 Å². The summed E-state index contributed by atoms with van der Waals surface area (Å²) < 4.78 is 5.76. The number of aliphatic hydroxyl groups excluding tert-OH is 1. The molecule has 0 spiro atoms. The van der Waals surface area contributed by atoms with E-state index in [1.54, 1.807) is 0 Å². The second-order valence-corrected chi connectivity index (χ2v) is 6.30. The van der Waals surface area contributed by atoms with Gasteiger partial charge in [0.15, 0.2) is 0 Å². The van der Waals surface area contributed by atoms with Crippen LogP contribution in [0, 0.1) is 0 Å². The van der Waals surface area contributed by atoms with Gasteiger partial charge in [-0.15, -0.1) is 0 Å². The second kappa shape index (κ2) is 9.04. The lowest BCUT2D eigenvalue weighted by Crippen LogP contribution is -2.32. The monoisotopic (exact) mass is 333 g/mol. The van der Waals surface area contributed by atoms with Crippen molar-refractivity contribution >= 4 is 11.6 Å². The highest BCUT2D eigenvalue weighted by Crippen LogP contribution is 2.19. The Morgan fingerprint density at radius 1 is 1.09 bits per heavy atom. The number of hydrogen-bond donors (Lipinski definition) is 1. The molecule has 2 aromatic rings. The lowest BCUT2D eigenvalue weighted by molar-refractivity contribution is -0.0138. The molecule has 0 amide bonds. The lowest BCUT2D eigenvalue weighted by atomic mass is 10.1. The smallest absolute Gasteiger partial charge is 0.0900 e. The van der Waals surface area contributed by atoms with E-state index >= 15 is 0 Å². The Balaban J connectivity index is 1.73. The van der Waals surface area contributed by atoms with E-state index in [4.69, 9.17) is 16.3 Å². The predicted octanol–water partition coefficient (Wildman–Crippen LogP) is 3.91. The average Bonchev–Trinajstić information content (AvgIpc) is 2.54. The van der Waals surface area contributed by atoms with Crippen LogP contribution in [0.3, 0.4) is 0 Å². The highest BCUT2D eigenvalue weighted by molar-refractivity contribution is 6.30. The highest BCUT2D eigenvalue weighted by atomic mass is 35.5. The van der Waals surface area contributed by atoms with Gasteiger partial charge in [0.25, 0.3) is 0 Å². The Bertz CT molecular complexity index is 574. The summed E-state index contributed by atoms with van der Waals surface area (Å²) >= 11 is 5.88. The van der Waals surface area contributed by atoms with E-state index in [-0.39, 0.29) is 6.10 Å². The molecule has 0 aromatic heterocycles. The number of ether oxygens (including phenoxy) is 1. The molecule has 4 heteroatoms. The first-order valence-corrected chi connectivity index (χ1v) is 8.20. The Morgan fingerprint density at radius 3 is 2.39 bits per heavy atom. The summed E-state index contributed by atoms with van der Waals surface area (Å²) in [6.07, 6.45) is -0.584. The summed E-state index contributed by atoms with van der Waals surface area (Å²) in [7, 11) is 2.00. The first kappa shape index (κ1) is 18.0.